The molecule has 0 saturated carbocycles. The van der Waals surface area contributed by atoms with Gasteiger partial charge in [-0.1, -0.05) is 37.5 Å². The summed E-state index contributed by atoms with van der Waals surface area (Å²) in [7, 11) is 0. The second-order valence-corrected chi connectivity index (χ2v) is 6.79. The zero-order chi connectivity index (χ0) is 22.5. The maximum atomic E-state index is 14.6. The van der Waals surface area contributed by atoms with Gasteiger partial charge in [0.05, 0.1) is 11.1 Å². The number of ether oxygens (including phenoxy) is 1. The van der Waals surface area contributed by atoms with E-state index in [0.717, 1.165) is 42.7 Å². The van der Waals surface area contributed by atoms with Crippen molar-refractivity contribution in [1.82, 2.24) is 0 Å². The predicted molar refractivity (Wildman–Crippen MR) is 110 cm³/mol. The topological polar surface area (TPSA) is 26.3 Å². The van der Waals surface area contributed by atoms with Gasteiger partial charge in [-0.05, 0) is 42.7 Å². The van der Waals surface area contributed by atoms with Crippen molar-refractivity contribution in [3.8, 4) is 28.7 Å². The molecule has 31 heavy (non-hydrogen) atoms. The summed E-state index contributed by atoms with van der Waals surface area (Å²) < 4.78 is 61.8. The van der Waals surface area contributed by atoms with Crippen molar-refractivity contribution in [2.24, 2.45) is 0 Å². The molecule has 0 N–H and O–H groups in total. The predicted octanol–water partition coefficient (Wildman–Crippen LogP) is 6.45. The van der Waals surface area contributed by atoms with E-state index in [4.69, 9.17) is 4.74 Å². The molecule has 3 aromatic rings. The van der Waals surface area contributed by atoms with Crippen molar-refractivity contribution in [1.29, 1.82) is 0 Å². The Bertz CT molecular complexity index is 1180. The third-order valence-corrected chi connectivity index (χ3v) is 4.55. The Labute approximate surface area is 177 Å². The van der Waals surface area contributed by atoms with Gasteiger partial charge in [-0.3, -0.25) is 0 Å². The van der Waals surface area contributed by atoms with Crippen LogP contribution in [0.1, 0.15) is 41.8 Å². The monoisotopic (exact) mass is 426 g/mol. The molecule has 0 aliphatic rings. The van der Waals surface area contributed by atoms with Gasteiger partial charge in [0, 0.05) is 17.7 Å². The molecule has 3 rings (SSSR count). The SMILES string of the molecule is CC#Cc1c(F)cc(OC(=O)c2ccc(-c3ccc(CCC)cc3F)cc2F)cc1F. The minimum absolute atomic E-state index is 0.190. The van der Waals surface area contributed by atoms with Gasteiger partial charge in [0.25, 0.3) is 0 Å². The highest BCUT2D eigenvalue weighted by Crippen LogP contribution is 2.27. The van der Waals surface area contributed by atoms with Gasteiger partial charge in [-0.2, -0.15) is 0 Å². The van der Waals surface area contributed by atoms with Crippen LogP contribution in [0.25, 0.3) is 11.1 Å². The molecule has 0 spiro atoms. The van der Waals surface area contributed by atoms with E-state index in [1.807, 2.05) is 6.92 Å². The van der Waals surface area contributed by atoms with Crippen molar-refractivity contribution >= 4 is 5.97 Å². The van der Waals surface area contributed by atoms with E-state index in [-0.39, 0.29) is 11.1 Å². The second kappa shape index (κ2) is 9.48. The van der Waals surface area contributed by atoms with Crippen LogP contribution in [0.3, 0.4) is 0 Å². The number of aryl methyl sites for hydroxylation is 1. The Morgan fingerprint density at radius 3 is 2.19 bits per heavy atom. The van der Waals surface area contributed by atoms with Crippen LogP contribution in [0.15, 0.2) is 48.5 Å². The van der Waals surface area contributed by atoms with E-state index >= 15 is 0 Å². The minimum Gasteiger partial charge on any atom is -0.423 e. The van der Waals surface area contributed by atoms with Crippen molar-refractivity contribution in [2.45, 2.75) is 26.7 Å². The average molecular weight is 426 g/mol. The number of hydrogen-bond donors (Lipinski definition) is 0. The smallest absolute Gasteiger partial charge is 0.346 e. The maximum Gasteiger partial charge on any atom is 0.346 e. The van der Waals surface area contributed by atoms with Crippen LogP contribution in [0.2, 0.25) is 0 Å². The molecule has 0 saturated heterocycles. The Kier molecular flexibility index (Phi) is 6.76. The van der Waals surface area contributed by atoms with Gasteiger partial charge in [-0.15, -0.1) is 5.92 Å². The number of rotatable bonds is 5. The average Bonchev–Trinajstić information content (AvgIpc) is 2.71. The summed E-state index contributed by atoms with van der Waals surface area (Å²) in [4.78, 5) is 12.3. The zero-order valence-electron chi connectivity index (χ0n) is 16.9. The minimum atomic E-state index is -1.14. The van der Waals surface area contributed by atoms with Gasteiger partial charge in [-0.25, -0.2) is 22.4 Å². The number of carbonyl (C=O) groups is 1. The fourth-order valence-electron chi connectivity index (χ4n) is 3.10. The highest BCUT2D eigenvalue weighted by atomic mass is 19.1. The first-order valence-corrected chi connectivity index (χ1v) is 9.56. The van der Waals surface area contributed by atoms with E-state index in [0.29, 0.717) is 0 Å². The number of halogens is 4. The van der Waals surface area contributed by atoms with Crippen LogP contribution in [0.5, 0.6) is 5.75 Å². The fraction of sp³-hybridized carbons (Fsp3) is 0.160. The molecule has 0 aliphatic heterocycles. The molecule has 3 aromatic carbocycles. The molecule has 0 bridgehead atoms. The van der Waals surface area contributed by atoms with Gasteiger partial charge >= 0.3 is 5.97 Å². The molecular formula is C25H18F4O2. The molecule has 2 nitrogen and oxygen atoms in total. The summed E-state index contributed by atoms with van der Waals surface area (Å²) in [5.74, 6) is -0.380. The van der Waals surface area contributed by atoms with Gasteiger partial charge in [0.1, 0.15) is 29.0 Å². The van der Waals surface area contributed by atoms with Crippen molar-refractivity contribution in [3.05, 3.63) is 88.5 Å². The highest BCUT2D eigenvalue weighted by molar-refractivity contribution is 5.92. The van der Waals surface area contributed by atoms with Crippen LogP contribution in [0, 0.1) is 35.1 Å². The van der Waals surface area contributed by atoms with Crippen LogP contribution in [0.4, 0.5) is 17.6 Å². The summed E-state index contributed by atoms with van der Waals surface area (Å²) in [6.07, 6.45) is 1.59. The van der Waals surface area contributed by atoms with E-state index in [2.05, 4.69) is 11.8 Å². The lowest BCUT2D eigenvalue weighted by Gasteiger charge is -2.09. The van der Waals surface area contributed by atoms with Crippen LogP contribution >= 0.6 is 0 Å². The summed E-state index contributed by atoms with van der Waals surface area (Å²) in [6, 6.07) is 9.82. The first-order chi connectivity index (χ1) is 14.8. The Morgan fingerprint density at radius 2 is 1.61 bits per heavy atom. The highest BCUT2D eigenvalue weighted by Gasteiger charge is 2.18. The van der Waals surface area contributed by atoms with E-state index in [1.165, 1.54) is 19.1 Å². The van der Waals surface area contributed by atoms with Crippen LogP contribution in [-0.2, 0) is 6.42 Å². The first kappa shape index (κ1) is 22.1. The third kappa shape index (κ3) is 4.95. The third-order valence-electron chi connectivity index (χ3n) is 4.55. The van der Waals surface area contributed by atoms with Crippen LogP contribution in [-0.4, -0.2) is 5.97 Å². The largest absolute Gasteiger partial charge is 0.423 e. The lowest BCUT2D eigenvalue weighted by Crippen LogP contribution is -2.11. The summed E-state index contributed by atoms with van der Waals surface area (Å²) >= 11 is 0. The molecular weight excluding hydrogens is 408 g/mol. The Morgan fingerprint density at radius 1 is 0.903 bits per heavy atom. The molecule has 0 aliphatic carbocycles. The molecule has 6 heteroatoms. The summed E-state index contributed by atoms with van der Waals surface area (Å²) in [5.41, 5.74) is 0.360. The summed E-state index contributed by atoms with van der Waals surface area (Å²) in [5, 5.41) is 0. The van der Waals surface area contributed by atoms with E-state index < -0.39 is 46.1 Å². The molecule has 0 radical (unpaired) electrons. The fourth-order valence-corrected chi connectivity index (χ4v) is 3.10. The lowest BCUT2D eigenvalue weighted by atomic mass is 10.00. The van der Waals surface area contributed by atoms with Crippen molar-refractivity contribution < 1.29 is 27.1 Å². The molecule has 0 fully saturated rings. The quantitative estimate of drug-likeness (QED) is 0.203. The number of hydrogen-bond acceptors (Lipinski definition) is 2. The van der Waals surface area contributed by atoms with Gasteiger partial charge in [0.2, 0.25) is 0 Å². The first-order valence-electron chi connectivity index (χ1n) is 9.56. The molecule has 0 unspecified atom stereocenters. The van der Waals surface area contributed by atoms with Crippen molar-refractivity contribution in [3.63, 3.8) is 0 Å². The molecule has 0 heterocycles. The van der Waals surface area contributed by atoms with Crippen molar-refractivity contribution in [2.75, 3.05) is 0 Å². The molecule has 158 valence electrons. The lowest BCUT2D eigenvalue weighted by molar-refractivity contribution is 0.0729. The zero-order valence-corrected chi connectivity index (χ0v) is 16.9. The van der Waals surface area contributed by atoms with E-state index in [1.54, 1.807) is 12.1 Å². The number of esters is 1. The van der Waals surface area contributed by atoms with Gasteiger partial charge in [0.15, 0.2) is 0 Å². The van der Waals surface area contributed by atoms with Crippen LogP contribution < -0.4 is 4.74 Å². The number of benzene rings is 3. The normalized spacial score (nSPS) is 10.4. The standard InChI is InChI=1S/C25H18F4O2/c1-3-5-15-7-9-18(21(26)11-15)16-8-10-20(22(27)12-16)25(30)31-17-13-23(28)19(6-4-2)24(29)14-17/h7-14H,3,5H2,1-2H3. The molecule has 0 aromatic heterocycles. The Hall–Kier alpha value is -3.59. The van der Waals surface area contributed by atoms with Gasteiger partial charge < -0.3 is 4.74 Å². The number of carbonyl (C=O) groups excluding carboxylic acids is 1. The Balaban J connectivity index is 1.85. The molecule has 0 atom stereocenters. The summed E-state index contributed by atoms with van der Waals surface area (Å²) in [6.45, 7) is 3.40. The molecule has 0 amide bonds. The maximum absolute atomic E-state index is 14.6. The van der Waals surface area contributed by atoms with E-state index in [9.17, 15) is 22.4 Å². The second-order valence-electron chi connectivity index (χ2n) is 6.79.